The van der Waals surface area contributed by atoms with E-state index in [1.807, 2.05) is 30.3 Å². The number of carbonyl (C=O) groups is 3. The molecule has 11 heteroatoms. The SMILES string of the molecule is CCOC(=O)CN(C(=O)[C@H](CC(=O)NC[C@@H]1CCCN(C(=N)N)C1)NOCc1ccccc1)C1CC1. The number of hydroxylamine groups is 1. The van der Waals surface area contributed by atoms with E-state index in [1.54, 1.807) is 11.8 Å². The number of guanidine groups is 1. The average Bonchev–Trinajstić information content (AvgIpc) is 3.71. The first-order chi connectivity index (χ1) is 17.4. The smallest absolute Gasteiger partial charge is 0.325 e. The molecular weight excluding hydrogens is 464 g/mol. The van der Waals surface area contributed by atoms with Crippen LogP contribution in [0.2, 0.25) is 0 Å². The van der Waals surface area contributed by atoms with E-state index >= 15 is 0 Å². The molecule has 2 aliphatic rings. The highest BCUT2D eigenvalue weighted by molar-refractivity contribution is 5.90. The maximum absolute atomic E-state index is 13.4. The fraction of sp³-hybridized carbons (Fsp3) is 0.600. The molecule has 1 heterocycles. The number of hydrogen-bond acceptors (Lipinski definition) is 7. The van der Waals surface area contributed by atoms with Crippen molar-refractivity contribution in [3.63, 3.8) is 0 Å². The highest BCUT2D eigenvalue weighted by atomic mass is 16.6. The van der Waals surface area contributed by atoms with Gasteiger partial charge in [0.05, 0.1) is 19.6 Å². The maximum atomic E-state index is 13.4. The van der Waals surface area contributed by atoms with E-state index in [4.69, 9.17) is 20.7 Å². The molecule has 0 unspecified atom stereocenters. The van der Waals surface area contributed by atoms with Gasteiger partial charge in [-0.05, 0) is 44.1 Å². The zero-order valence-electron chi connectivity index (χ0n) is 20.9. The zero-order chi connectivity index (χ0) is 25.9. The normalized spacial score (nSPS) is 18.2. The molecule has 11 nitrogen and oxygen atoms in total. The van der Waals surface area contributed by atoms with Crippen LogP contribution in [0.5, 0.6) is 0 Å². The highest BCUT2D eigenvalue weighted by Crippen LogP contribution is 2.27. The Kier molecular flexibility index (Phi) is 10.5. The van der Waals surface area contributed by atoms with Crippen molar-refractivity contribution in [2.24, 2.45) is 11.7 Å². The number of esters is 1. The Balaban J connectivity index is 1.59. The molecule has 1 aromatic rings. The summed E-state index contributed by atoms with van der Waals surface area (Å²) in [5.41, 5.74) is 9.29. The van der Waals surface area contributed by atoms with Crippen molar-refractivity contribution in [2.45, 2.75) is 57.7 Å². The summed E-state index contributed by atoms with van der Waals surface area (Å²) in [7, 11) is 0. The second-order valence-corrected chi connectivity index (χ2v) is 9.29. The fourth-order valence-corrected chi connectivity index (χ4v) is 4.26. The van der Waals surface area contributed by atoms with Crippen LogP contribution in [0.1, 0.15) is 44.6 Å². The number of nitrogens with zero attached hydrogens (tertiary/aromatic N) is 2. The third-order valence-corrected chi connectivity index (χ3v) is 6.32. The Morgan fingerprint density at radius 3 is 2.64 bits per heavy atom. The number of ether oxygens (including phenoxy) is 1. The molecule has 36 heavy (non-hydrogen) atoms. The van der Waals surface area contributed by atoms with Gasteiger partial charge in [-0.25, -0.2) is 0 Å². The van der Waals surface area contributed by atoms with Crippen molar-refractivity contribution >= 4 is 23.7 Å². The summed E-state index contributed by atoms with van der Waals surface area (Å²) in [6, 6.07) is 8.49. The second-order valence-electron chi connectivity index (χ2n) is 9.29. The third kappa shape index (κ3) is 8.80. The predicted molar refractivity (Wildman–Crippen MR) is 133 cm³/mol. The van der Waals surface area contributed by atoms with Crippen LogP contribution in [0.4, 0.5) is 0 Å². The number of likely N-dealkylation sites (tertiary alicyclic amines) is 1. The second kappa shape index (κ2) is 13.8. The number of benzene rings is 1. The van der Waals surface area contributed by atoms with Gasteiger partial charge in [0.2, 0.25) is 11.8 Å². The molecule has 1 aromatic carbocycles. The number of rotatable bonds is 13. The molecule has 3 rings (SSSR count). The van der Waals surface area contributed by atoms with E-state index in [2.05, 4.69) is 10.8 Å². The highest BCUT2D eigenvalue weighted by Gasteiger charge is 2.38. The summed E-state index contributed by atoms with van der Waals surface area (Å²) in [6.45, 7) is 3.81. The fourth-order valence-electron chi connectivity index (χ4n) is 4.26. The zero-order valence-corrected chi connectivity index (χ0v) is 20.9. The largest absolute Gasteiger partial charge is 0.465 e. The van der Waals surface area contributed by atoms with Gasteiger partial charge in [-0.2, -0.15) is 5.48 Å². The van der Waals surface area contributed by atoms with E-state index in [-0.39, 0.29) is 55.9 Å². The molecule has 2 atom stereocenters. The van der Waals surface area contributed by atoms with Crippen molar-refractivity contribution in [1.82, 2.24) is 20.6 Å². The molecule has 0 bridgehead atoms. The van der Waals surface area contributed by atoms with Crippen LogP contribution in [0, 0.1) is 11.3 Å². The Hall–Kier alpha value is -3.18. The van der Waals surface area contributed by atoms with Crippen molar-refractivity contribution in [3.05, 3.63) is 35.9 Å². The molecule has 0 aromatic heterocycles. The van der Waals surface area contributed by atoms with Crippen molar-refractivity contribution in [2.75, 3.05) is 32.8 Å². The van der Waals surface area contributed by atoms with E-state index in [0.29, 0.717) is 13.1 Å². The van der Waals surface area contributed by atoms with Crippen LogP contribution < -0.4 is 16.5 Å². The number of amides is 2. The Labute approximate surface area is 212 Å². The summed E-state index contributed by atoms with van der Waals surface area (Å²) in [4.78, 5) is 47.3. The quantitative estimate of drug-likeness (QED) is 0.134. The van der Waals surface area contributed by atoms with Crippen LogP contribution in [-0.2, 0) is 30.6 Å². The minimum atomic E-state index is -0.955. The molecule has 1 aliphatic carbocycles. The van der Waals surface area contributed by atoms with Gasteiger partial charge in [0, 0.05) is 25.7 Å². The van der Waals surface area contributed by atoms with Gasteiger partial charge < -0.3 is 25.6 Å². The summed E-state index contributed by atoms with van der Waals surface area (Å²) in [6.07, 6.45) is 3.31. The summed E-state index contributed by atoms with van der Waals surface area (Å²) in [5, 5.41) is 10.6. The van der Waals surface area contributed by atoms with Gasteiger partial charge in [0.15, 0.2) is 5.96 Å². The first kappa shape index (κ1) is 27.4. The average molecular weight is 503 g/mol. The number of carbonyl (C=O) groups excluding carboxylic acids is 3. The third-order valence-electron chi connectivity index (χ3n) is 6.32. The first-order valence-electron chi connectivity index (χ1n) is 12.6. The number of piperidine rings is 1. The van der Waals surface area contributed by atoms with Crippen LogP contribution in [-0.4, -0.2) is 78.4 Å². The molecule has 5 N–H and O–H groups in total. The maximum Gasteiger partial charge on any atom is 0.325 e. The van der Waals surface area contributed by atoms with Gasteiger partial charge >= 0.3 is 5.97 Å². The molecular formula is C25H38N6O5. The van der Waals surface area contributed by atoms with Crippen LogP contribution in [0.25, 0.3) is 0 Å². The summed E-state index contributed by atoms with van der Waals surface area (Å²) < 4.78 is 5.04. The summed E-state index contributed by atoms with van der Waals surface area (Å²) in [5.74, 6) is -0.920. The molecule has 198 valence electrons. The Morgan fingerprint density at radius 1 is 1.22 bits per heavy atom. The van der Waals surface area contributed by atoms with Crippen LogP contribution >= 0.6 is 0 Å². The molecule has 2 amide bonds. The van der Waals surface area contributed by atoms with Crippen molar-refractivity contribution in [1.29, 1.82) is 5.41 Å². The van der Waals surface area contributed by atoms with Crippen LogP contribution in [0.3, 0.4) is 0 Å². The lowest BCUT2D eigenvalue weighted by atomic mass is 9.98. The van der Waals surface area contributed by atoms with Gasteiger partial charge in [-0.15, -0.1) is 0 Å². The van der Waals surface area contributed by atoms with Gasteiger partial charge in [-0.1, -0.05) is 30.3 Å². The van der Waals surface area contributed by atoms with Gasteiger partial charge in [0.25, 0.3) is 0 Å². The van der Waals surface area contributed by atoms with E-state index in [9.17, 15) is 14.4 Å². The van der Waals surface area contributed by atoms with Crippen LogP contribution in [0.15, 0.2) is 30.3 Å². The predicted octanol–water partition coefficient (Wildman–Crippen LogP) is 0.742. The number of nitrogens with two attached hydrogens (primary N) is 1. The van der Waals surface area contributed by atoms with E-state index < -0.39 is 12.0 Å². The van der Waals surface area contributed by atoms with Gasteiger partial charge in [0.1, 0.15) is 12.6 Å². The molecule has 1 saturated carbocycles. The molecule has 1 aliphatic heterocycles. The number of nitrogens with one attached hydrogen (secondary N) is 3. The number of hydrogen-bond donors (Lipinski definition) is 4. The molecule has 1 saturated heterocycles. The molecule has 0 radical (unpaired) electrons. The minimum Gasteiger partial charge on any atom is -0.465 e. The molecule has 0 spiro atoms. The Morgan fingerprint density at radius 2 is 1.97 bits per heavy atom. The Bertz CT molecular complexity index is 894. The topological polar surface area (TPSA) is 150 Å². The first-order valence-corrected chi connectivity index (χ1v) is 12.6. The van der Waals surface area contributed by atoms with E-state index in [0.717, 1.165) is 37.8 Å². The van der Waals surface area contributed by atoms with Crippen molar-refractivity contribution in [3.8, 4) is 0 Å². The lowest BCUT2D eigenvalue weighted by molar-refractivity contribution is -0.152. The lowest BCUT2D eigenvalue weighted by Gasteiger charge is -2.33. The summed E-state index contributed by atoms with van der Waals surface area (Å²) >= 11 is 0. The monoisotopic (exact) mass is 502 g/mol. The minimum absolute atomic E-state index is 0.0387. The van der Waals surface area contributed by atoms with Gasteiger partial charge in [-0.3, -0.25) is 24.6 Å². The van der Waals surface area contributed by atoms with E-state index in [1.165, 1.54) is 4.90 Å². The molecule has 2 fully saturated rings. The lowest BCUT2D eigenvalue weighted by Crippen LogP contribution is -2.51. The van der Waals surface area contributed by atoms with Crippen molar-refractivity contribution < 1.29 is 24.0 Å². The standard InChI is InChI=1S/C25H38N6O5/c1-2-35-23(33)16-31(20-10-11-20)24(34)21(29-36-17-18-7-4-3-5-8-18)13-22(32)28-14-19-9-6-12-30(15-19)25(26)27/h3-5,7-8,19-21,29H,2,6,9-17H2,1H3,(H3,26,27)(H,28,32)/t19-,21-/m0/s1.